The molecule has 25 heavy (non-hydrogen) atoms. The van der Waals surface area contributed by atoms with Crippen LogP contribution in [0.1, 0.15) is 36.4 Å². The van der Waals surface area contributed by atoms with Crippen molar-refractivity contribution < 1.29 is 9.18 Å². The molecule has 0 bridgehead atoms. The second kappa shape index (κ2) is 8.21. The van der Waals surface area contributed by atoms with E-state index in [4.69, 9.17) is 0 Å². The van der Waals surface area contributed by atoms with E-state index in [1.54, 1.807) is 24.5 Å². The summed E-state index contributed by atoms with van der Waals surface area (Å²) in [5.74, 6) is -0.111. The molecule has 1 unspecified atom stereocenters. The molecule has 5 heteroatoms. The van der Waals surface area contributed by atoms with Gasteiger partial charge in [-0.05, 0) is 61.7 Å². The van der Waals surface area contributed by atoms with Gasteiger partial charge in [0.1, 0.15) is 5.82 Å². The summed E-state index contributed by atoms with van der Waals surface area (Å²) in [6, 6.07) is 10.5. The van der Waals surface area contributed by atoms with Gasteiger partial charge >= 0.3 is 0 Å². The van der Waals surface area contributed by atoms with Crippen LogP contribution < -0.4 is 0 Å². The van der Waals surface area contributed by atoms with Crippen molar-refractivity contribution in [3.05, 3.63) is 65.7 Å². The largest absolute Gasteiger partial charge is 0.335 e. The second-order valence-electron chi connectivity index (χ2n) is 6.68. The molecule has 1 aromatic heterocycles. The third-order valence-electron chi connectivity index (χ3n) is 4.68. The van der Waals surface area contributed by atoms with Crippen molar-refractivity contribution in [3.8, 4) is 0 Å². The minimum Gasteiger partial charge on any atom is -0.335 e. The Kier molecular flexibility index (Phi) is 5.76. The quantitative estimate of drug-likeness (QED) is 0.836. The third-order valence-corrected chi connectivity index (χ3v) is 4.68. The van der Waals surface area contributed by atoms with Gasteiger partial charge in [-0.3, -0.25) is 14.7 Å². The van der Waals surface area contributed by atoms with E-state index < -0.39 is 0 Å². The molecule has 0 N–H and O–H groups in total. The number of likely N-dealkylation sites (tertiary alicyclic amines) is 1. The summed E-state index contributed by atoms with van der Waals surface area (Å²) in [4.78, 5) is 20.8. The van der Waals surface area contributed by atoms with E-state index in [0.717, 1.165) is 36.9 Å². The predicted octanol–water partition coefficient (Wildman–Crippen LogP) is 3.41. The number of pyridine rings is 1. The zero-order valence-electron chi connectivity index (χ0n) is 14.6. The van der Waals surface area contributed by atoms with Crippen LogP contribution in [0.5, 0.6) is 0 Å². The fourth-order valence-corrected chi connectivity index (χ4v) is 3.44. The topological polar surface area (TPSA) is 36.4 Å². The van der Waals surface area contributed by atoms with E-state index >= 15 is 0 Å². The number of hydrogen-bond donors (Lipinski definition) is 0. The van der Waals surface area contributed by atoms with Gasteiger partial charge in [-0.15, -0.1) is 0 Å². The Morgan fingerprint density at radius 1 is 1.20 bits per heavy atom. The van der Waals surface area contributed by atoms with Crippen LogP contribution in [0.4, 0.5) is 4.39 Å². The second-order valence-corrected chi connectivity index (χ2v) is 6.68. The number of likely N-dealkylation sites (N-methyl/N-ethyl adjacent to an activating group) is 1. The average molecular weight is 341 g/mol. The number of piperidine rings is 1. The van der Waals surface area contributed by atoms with Gasteiger partial charge in [-0.1, -0.05) is 12.1 Å². The van der Waals surface area contributed by atoms with Crippen LogP contribution >= 0.6 is 0 Å². The predicted molar refractivity (Wildman–Crippen MR) is 95.3 cm³/mol. The molecule has 1 fully saturated rings. The lowest BCUT2D eigenvalue weighted by atomic mass is 9.95. The van der Waals surface area contributed by atoms with Gasteiger partial charge in [0.2, 0.25) is 5.91 Å². The Morgan fingerprint density at radius 2 is 1.92 bits per heavy atom. The molecule has 1 aliphatic rings. The van der Waals surface area contributed by atoms with Crippen LogP contribution in [-0.4, -0.2) is 40.8 Å². The van der Waals surface area contributed by atoms with E-state index in [1.165, 1.54) is 12.1 Å². The first kappa shape index (κ1) is 17.5. The molecule has 0 radical (unpaired) electrons. The Morgan fingerprint density at radius 3 is 2.64 bits per heavy atom. The highest BCUT2D eigenvalue weighted by Gasteiger charge is 2.28. The summed E-state index contributed by atoms with van der Waals surface area (Å²) in [6.07, 6.45) is 6.59. The standard InChI is InChI=1S/C20H24FN3O/c1-23(14-16-9-11-22-12-10-16)15-20(25)24-13-3-2-4-19(24)17-5-7-18(21)8-6-17/h5-12,19H,2-4,13-15H2,1H3. The molecule has 132 valence electrons. The van der Waals surface area contributed by atoms with Crippen LogP contribution in [0.3, 0.4) is 0 Å². The molecule has 0 spiro atoms. The lowest BCUT2D eigenvalue weighted by Gasteiger charge is -2.37. The number of carbonyl (C=O) groups is 1. The Balaban J connectivity index is 1.65. The summed E-state index contributed by atoms with van der Waals surface area (Å²) in [5, 5.41) is 0. The lowest BCUT2D eigenvalue weighted by molar-refractivity contribution is -0.136. The molecular formula is C20H24FN3O. The normalized spacial score (nSPS) is 17.7. The van der Waals surface area contributed by atoms with Crippen LogP contribution in [0.25, 0.3) is 0 Å². The first-order valence-corrected chi connectivity index (χ1v) is 8.76. The molecule has 1 amide bonds. The fourth-order valence-electron chi connectivity index (χ4n) is 3.44. The maximum Gasteiger partial charge on any atom is 0.237 e. The summed E-state index contributed by atoms with van der Waals surface area (Å²) in [7, 11) is 1.95. The molecule has 0 aliphatic carbocycles. The van der Waals surface area contributed by atoms with Gasteiger partial charge in [-0.2, -0.15) is 0 Å². The van der Waals surface area contributed by atoms with E-state index in [0.29, 0.717) is 13.1 Å². The van der Waals surface area contributed by atoms with Crippen LogP contribution in [0.15, 0.2) is 48.8 Å². The zero-order valence-corrected chi connectivity index (χ0v) is 14.6. The van der Waals surface area contributed by atoms with E-state index in [2.05, 4.69) is 4.98 Å². The number of halogens is 1. The molecule has 3 rings (SSSR count). The van der Waals surface area contributed by atoms with Crippen molar-refractivity contribution in [1.82, 2.24) is 14.8 Å². The molecule has 2 heterocycles. The molecule has 4 nitrogen and oxygen atoms in total. The minimum atomic E-state index is -0.241. The smallest absolute Gasteiger partial charge is 0.237 e. The fraction of sp³-hybridized carbons (Fsp3) is 0.400. The Hall–Kier alpha value is -2.27. The zero-order chi connectivity index (χ0) is 17.6. The van der Waals surface area contributed by atoms with Crippen molar-refractivity contribution in [3.63, 3.8) is 0 Å². The maximum atomic E-state index is 13.2. The van der Waals surface area contributed by atoms with E-state index in [9.17, 15) is 9.18 Å². The van der Waals surface area contributed by atoms with Gasteiger partial charge in [0, 0.05) is 25.5 Å². The number of benzene rings is 1. The maximum absolute atomic E-state index is 13.2. The van der Waals surface area contributed by atoms with E-state index in [1.807, 2.05) is 29.0 Å². The van der Waals surface area contributed by atoms with Gasteiger partial charge in [0.05, 0.1) is 12.6 Å². The molecule has 1 aromatic carbocycles. The number of aromatic nitrogens is 1. The van der Waals surface area contributed by atoms with Crippen molar-refractivity contribution in [2.45, 2.75) is 31.8 Å². The Labute approximate surface area is 148 Å². The molecule has 0 saturated carbocycles. The van der Waals surface area contributed by atoms with Gasteiger partial charge in [0.15, 0.2) is 0 Å². The first-order chi connectivity index (χ1) is 12.1. The molecular weight excluding hydrogens is 317 g/mol. The molecule has 1 saturated heterocycles. The SMILES string of the molecule is CN(CC(=O)N1CCCCC1c1ccc(F)cc1)Cc1ccncc1. The Bertz CT molecular complexity index is 690. The molecule has 1 aliphatic heterocycles. The van der Waals surface area contributed by atoms with E-state index in [-0.39, 0.29) is 17.8 Å². The number of nitrogens with zero attached hydrogens (tertiary/aromatic N) is 3. The van der Waals surface area contributed by atoms with Crippen molar-refractivity contribution >= 4 is 5.91 Å². The van der Waals surface area contributed by atoms with Gasteiger partial charge < -0.3 is 4.90 Å². The summed E-state index contributed by atoms with van der Waals surface area (Å²) < 4.78 is 13.2. The van der Waals surface area contributed by atoms with Crippen molar-refractivity contribution in [2.24, 2.45) is 0 Å². The van der Waals surface area contributed by atoms with Crippen molar-refractivity contribution in [2.75, 3.05) is 20.1 Å². The van der Waals surface area contributed by atoms with Crippen LogP contribution in [-0.2, 0) is 11.3 Å². The number of hydrogen-bond acceptors (Lipinski definition) is 3. The van der Waals surface area contributed by atoms with Crippen LogP contribution in [0, 0.1) is 5.82 Å². The number of rotatable bonds is 5. The molecule has 2 aromatic rings. The highest BCUT2D eigenvalue weighted by atomic mass is 19.1. The van der Waals surface area contributed by atoms with Crippen LogP contribution in [0.2, 0.25) is 0 Å². The highest BCUT2D eigenvalue weighted by molar-refractivity contribution is 5.79. The van der Waals surface area contributed by atoms with Gasteiger partial charge in [0.25, 0.3) is 0 Å². The third kappa shape index (κ3) is 4.63. The summed E-state index contributed by atoms with van der Waals surface area (Å²) in [5.41, 5.74) is 2.16. The average Bonchev–Trinajstić information content (AvgIpc) is 2.63. The summed E-state index contributed by atoms with van der Waals surface area (Å²) in [6.45, 7) is 1.85. The highest BCUT2D eigenvalue weighted by Crippen LogP contribution is 2.31. The first-order valence-electron chi connectivity index (χ1n) is 8.76. The van der Waals surface area contributed by atoms with Gasteiger partial charge in [-0.25, -0.2) is 4.39 Å². The lowest BCUT2D eigenvalue weighted by Crippen LogP contribution is -2.43. The summed E-state index contributed by atoms with van der Waals surface area (Å²) >= 11 is 0. The molecule has 1 atom stereocenters. The van der Waals surface area contributed by atoms with Crippen molar-refractivity contribution in [1.29, 1.82) is 0 Å². The minimum absolute atomic E-state index is 0.0520. The monoisotopic (exact) mass is 341 g/mol. The number of amides is 1. The number of carbonyl (C=O) groups excluding carboxylic acids is 1.